The lowest BCUT2D eigenvalue weighted by Crippen LogP contribution is -1.97. The third-order valence-electron chi connectivity index (χ3n) is 2.41. The summed E-state index contributed by atoms with van der Waals surface area (Å²) in [4.78, 5) is 7.29. The van der Waals surface area contributed by atoms with E-state index in [-0.39, 0.29) is 6.61 Å². The van der Waals surface area contributed by atoms with Gasteiger partial charge in [0.15, 0.2) is 0 Å². The van der Waals surface area contributed by atoms with Crippen LogP contribution in [0.25, 0.3) is 11.4 Å². The molecule has 1 unspecified atom stereocenters. The fraction of sp³-hybridized carbons (Fsp3) is 0.250. The molecular formula is C12H14N2O2. The third kappa shape index (κ3) is 1.98. The molecule has 16 heavy (non-hydrogen) atoms. The number of imidazole rings is 1. The van der Waals surface area contributed by atoms with E-state index in [9.17, 15) is 5.11 Å². The highest BCUT2D eigenvalue weighted by Crippen LogP contribution is 2.21. The Hall–Kier alpha value is -1.65. The zero-order chi connectivity index (χ0) is 11.5. The van der Waals surface area contributed by atoms with E-state index in [4.69, 9.17) is 5.11 Å². The van der Waals surface area contributed by atoms with Crippen LogP contribution in [0.1, 0.15) is 24.4 Å². The number of rotatable bonds is 3. The molecule has 2 rings (SSSR count). The standard InChI is InChI=1S/C12H14N2O2/c1-8(16)11-10(7-15)13-12(14-11)9-5-3-2-4-6-9/h2-6,8,15-16H,7H2,1H3,(H,13,14). The molecule has 2 aromatic rings. The van der Waals surface area contributed by atoms with E-state index in [1.165, 1.54) is 0 Å². The molecule has 1 heterocycles. The second-order valence-corrected chi connectivity index (χ2v) is 3.65. The molecule has 0 aliphatic carbocycles. The minimum atomic E-state index is -0.684. The van der Waals surface area contributed by atoms with Crippen molar-refractivity contribution < 1.29 is 10.2 Å². The van der Waals surface area contributed by atoms with E-state index in [2.05, 4.69) is 9.97 Å². The van der Waals surface area contributed by atoms with Gasteiger partial charge in [-0.2, -0.15) is 0 Å². The Balaban J connectivity index is 2.44. The van der Waals surface area contributed by atoms with Gasteiger partial charge in [0.1, 0.15) is 5.82 Å². The minimum Gasteiger partial charge on any atom is -0.390 e. The van der Waals surface area contributed by atoms with Crippen molar-refractivity contribution in [3.63, 3.8) is 0 Å². The molecule has 1 aromatic carbocycles. The summed E-state index contributed by atoms with van der Waals surface area (Å²) >= 11 is 0. The lowest BCUT2D eigenvalue weighted by atomic mass is 10.2. The number of hydrogen-bond acceptors (Lipinski definition) is 3. The Labute approximate surface area is 93.6 Å². The number of H-pyrrole nitrogens is 1. The first-order valence-electron chi connectivity index (χ1n) is 5.15. The second kappa shape index (κ2) is 4.47. The van der Waals surface area contributed by atoms with Crippen LogP contribution >= 0.6 is 0 Å². The van der Waals surface area contributed by atoms with Crippen LogP contribution in [0.3, 0.4) is 0 Å². The van der Waals surface area contributed by atoms with Gasteiger partial charge < -0.3 is 15.2 Å². The maximum absolute atomic E-state index is 9.50. The van der Waals surface area contributed by atoms with Crippen LogP contribution in [-0.2, 0) is 6.61 Å². The molecule has 0 saturated heterocycles. The largest absolute Gasteiger partial charge is 0.390 e. The molecule has 0 bridgehead atoms. The molecule has 0 aliphatic rings. The predicted molar refractivity (Wildman–Crippen MR) is 60.6 cm³/mol. The first kappa shape index (κ1) is 10.9. The molecule has 3 N–H and O–H groups in total. The molecule has 0 aliphatic heterocycles. The quantitative estimate of drug-likeness (QED) is 0.733. The summed E-state index contributed by atoms with van der Waals surface area (Å²) < 4.78 is 0. The third-order valence-corrected chi connectivity index (χ3v) is 2.41. The van der Waals surface area contributed by atoms with Gasteiger partial charge in [0.2, 0.25) is 0 Å². The van der Waals surface area contributed by atoms with Crippen molar-refractivity contribution in [2.45, 2.75) is 19.6 Å². The van der Waals surface area contributed by atoms with Crippen molar-refractivity contribution in [3.05, 3.63) is 41.7 Å². The van der Waals surface area contributed by atoms with Gasteiger partial charge in [-0.3, -0.25) is 0 Å². The van der Waals surface area contributed by atoms with Crippen molar-refractivity contribution in [2.24, 2.45) is 0 Å². The topological polar surface area (TPSA) is 69.1 Å². The van der Waals surface area contributed by atoms with Crippen molar-refractivity contribution in [2.75, 3.05) is 0 Å². The van der Waals surface area contributed by atoms with E-state index in [0.717, 1.165) is 5.56 Å². The number of aromatic amines is 1. The number of nitrogens with one attached hydrogen (secondary N) is 1. The van der Waals surface area contributed by atoms with Crippen LogP contribution in [0, 0.1) is 0 Å². The minimum absolute atomic E-state index is 0.153. The fourth-order valence-electron chi connectivity index (χ4n) is 1.62. The molecule has 0 fully saturated rings. The van der Waals surface area contributed by atoms with E-state index in [1.54, 1.807) is 6.92 Å². The van der Waals surface area contributed by atoms with Gasteiger partial charge in [0, 0.05) is 5.56 Å². The fourth-order valence-corrected chi connectivity index (χ4v) is 1.62. The lowest BCUT2D eigenvalue weighted by molar-refractivity contribution is 0.188. The summed E-state index contributed by atoms with van der Waals surface area (Å²) in [5.74, 6) is 0.667. The van der Waals surface area contributed by atoms with E-state index in [1.807, 2.05) is 30.3 Å². The SMILES string of the molecule is CC(O)c1nc(-c2ccccc2)[nH]c1CO. The molecule has 84 valence electrons. The average molecular weight is 218 g/mol. The summed E-state index contributed by atoms with van der Waals surface area (Å²) in [5, 5.41) is 18.6. The van der Waals surface area contributed by atoms with Gasteiger partial charge >= 0.3 is 0 Å². The maximum Gasteiger partial charge on any atom is 0.138 e. The highest BCUT2D eigenvalue weighted by Gasteiger charge is 2.14. The number of aromatic nitrogens is 2. The van der Waals surface area contributed by atoms with Crippen molar-refractivity contribution in [3.8, 4) is 11.4 Å². The predicted octanol–water partition coefficient (Wildman–Crippen LogP) is 1.62. The molecule has 1 atom stereocenters. The molecule has 0 radical (unpaired) electrons. The normalized spacial score (nSPS) is 12.7. The Morgan fingerprint density at radius 1 is 1.31 bits per heavy atom. The second-order valence-electron chi connectivity index (χ2n) is 3.65. The lowest BCUT2D eigenvalue weighted by Gasteiger charge is -2.00. The zero-order valence-corrected chi connectivity index (χ0v) is 9.01. The molecule has 0 saturated carbocycles. The summed E-state index contributed by atoms with van der Waals surface area (Å²) in [6, 6.07) is 9.60. The summed E-state index contributed by atoms with van der Waals surface area (Å²) in [6.07, 6.45) is -0.684. The highest BCUT2D eigenvalue weighted by atomic mass is 16.3. The van der Waals surface area contributed by atoms with Crippen LogP contribution in [0.15, 0.2) is 30.3 Å². The van der Waals surface area contributed by atoms with E-state index >= 15 is 0 Å². The zero-order valence-electron chi connectivity index (χ0n) is 9.01. The Kier molecular flexibility index (Phi) is 3.03. The van der Waals surface area contributed by atoms with Crippen LogP contribution < -0.4 is 0 Å². The monoisotopic (exact) mass is 218 g/mol. The Bertz CT molecular complexity index is 463. The molecule has 1 aromatic heterocycles. The Morgan fingerprint density at radius 2 is 2.00 bits per heavy atom. The summed E-state index contributed by atoms with van der Waals surface area (Å²) in [7, 11) is 0. The van der Waals surface area contributed by atoms with E-state index < -0.39 is 6.10 Å². The average Bonchev–Trinajstić information content (AvgIpc) is 2.74. The smallest absolute Gasteiger partial charge is 0.138 e. The number of aliphatic hydroxyl groups excluding tert-OH is 2. The number of benzene rings is 1. The molecule has 0 amide bonds. The molecule has 4 heteroatoms. The van der Waals surface area contributed by atoms with Crippen LogP contribution in [0.5, 0.6) is 0 Å². The number of nitrogens with zero attached hydrogens (tertiary/aromatic N) is 1. The Morgan fingerprint density at radius 3 is 2.50 bits per heavy atom. The first-order chi connectivity index (χ1) is 7.72. The van der Waals surface area contributed by atoms with Crippen LogP contribution in [-0.4, -0.2) is 20.2 Å². The van der Waals surface area contributed by atoms with Crippen LogP contribution in [0.4, 0.5) is 0 Å². The molecule has 4 nitrogen and oxygen atoms in total. The number of hydrogen-bond donors (Lipinski definition) is 3. The summed E-state index contributed by atoms with van der Waals surface area (Å²) in [5.41, 5.74) is 2.00. The van der Waals surface area contributed by atoms with Crippen molar-refractivity contribution in [1.82, 2.24) is 9.97 Å². The molecular weight excluding hydrogens is 204 g/mol. The van der Waals surface area contributed by atoms with Gasteiger partial charge in [-0.25, -0.2) is 4.98 Å². The van der Waals surface area contributed by atoms with Crippen molar-refractivity contribution in [1.29, 1.82) is 0 Å². The first-order valence-corrected chi connectivity index (χ1v) is 5.15. The van der Waals surface area contributed by atoms with Gasteiger partial charge in [-0.15, -0.1) is 0 Å². The van der Waals surface area contributed by atoms with Gasteiger partial charge in [-0.1, -0.05) is 30.3 Å². The van der Waals surface area contributed by atoms with Crippen molar-refractivity contribution >= 4 is 0 Å². The van der Waals surface area contributed by atoms with E-state index in [0.29, 0.717) is 17.2 Å². The van der Waals surface area contributed by atoms with Crippen LogP contribution in [0.2, 0.25) is 0 Å². The van der Waals surface area contributed by atoms with Gasteiger partial charge in [0.05, 0.1) is 24.1 Å². The summed E-state index contributed by atoms with van der Waals surface area (Å²) in [6.45, 7) is 1.48. The van der Waals surface area contributed by atoms with Gasteiger partial charge in [0.25, 0.3) is 0 Å². The highest BCUT2D eigenvalue weighted by molar-refractivity contribution is 5.55. The molecule has 0 spiro atoms. The maximum atomic E-state index is 9.50. The van der Waals surface area contributed by atoms with Gasteiger partial charge in [-0.05, 0) is 6.92 Å². The number of aliphatic hydroxyl groups is 2.